The molecule has 522 valence electrons. The van der Waals surface area contributed by atoms with Crippen LogP contribution in [0, 0.1) is 23.7 Å². The molecule has 0 fully saturated rings. The minimum Gasteiger partial charge on any atom is -0.462 e. The van der Waals surface area contributed by atoms with E-state index in [1.165, 1.54) is 128 Å². The van der Waals surface area contributed by atoms with E-state index in [2.05, 4.69) is 55.4 Å². The number of aliphatic hydroxyl groups excluding tert-OH is 1. The summed E-state index contributed by atoms with van der Waals surface area (Å²) >= 11 is 0. The molecule has 0 saturated heterocycles. The molecular weight excluding hydrogens is 1160 g/mol. The Morgan fingerprint density at radius 3 is 0.807 bits per heavy atom. The van der Waals surface area contributed by atoms with E-state index in [4.69, 9.17) is 37.0 Å². The molecule has 17 nitrogen and oxygen atoms in total. The van der Waals surface area contributed by atoms with Crippen LogP contribution in [0.25, 0.3) is 0 Å². The minimum atomic E-state index is -4.95. The number of phosphoric ester groups is 2. The van der Waals surface area contributed by atoms with Gasteiger partial charge in [-0.05, 0) is 49.4 Å². The average Bonchev–Trinajstić information content (AvgIpc) is 3.70. The monoisotopic (exact) mass is 1300 g/mol. The van der Waals surface area contributed by atoms with E-state index in [0.717, 1.165) is 115 Å². The lowest BCUT2D eigenvalue weighted by molar-refractivity contribution is -0.161. The average molecular weight is 1300 g/mol. The molecule has 3 unspecified atom stereocenters. The fraction of sp³-hybridized carbons (Fsp3) is 0.942. The number of carbonyl (C=O) groups is 4. The maximum absolute atomic E-state index is 13.0. The van der Waals surface area contributed by atoms with Crippen LogP contribution in [0.2, 0.25) is 0 Å². The van der Waals surface area contributed by atoms with Crippen LogP contribution in [-0.2, 0) is 65.4 Å². The normalized spacial score (nSPS) is 14.6. The van der Waals surface area contributed by atoms with Crippen molar-refractivity contribution in [2.24, 2.45) is 23.7 Å². The second kappa shape index (κ2) is 58.8. The van der Waals surface area contributed by atoms with Gasteiger partial charge >= 0.3 is 39.5 Å². The van der Waals surface area contributed by atoms with Crippen molar-refractivity contribution in [2.75, 3.05) is 39.6 Å². The Labute approximate surface area is 537 Å². The summed E-state index contributed by atoms with van der Waals surface area (Å²) < 4.78 is 68.2. The summed E-state index contributed by atoms with van der Waals surface area (Å²) in [5, 5.41) is 10.6. The van der Waals surface area contributed by atoms with Gasteiger partial charge < -0.3 is 33.8 Å². The Bertz CT molecular complexity index is 1750. The molecular formula is C69H134O17P2. The Kier molecular flexibility index (Phi) is 57.6. The largest absolute Gasteiger partial charge is 0.472 e. The van der Waals surface area contributed by atoms with Crippen molar-refractivity contribution < 1.29 is 80.2 Å². The number of unbranched alkanes of at least 4 members (excludes halogenated alkanes) is 31. The Hall–Kier alpha value is -1.94. The highest BCUT2D eigenvalue weighted by molar-refractivity contribution is 7.47. The van der Waals surface area contributed by atoms with Crippen LogP contribution in [0.1, 0.15) is 338 Å². The number of ether oxygens (including phenoxy) is 4. The third-order valence-corrected chi connectivity index (χ3v) is 18.1. The quantitative estimate of drug-likeness (QED) is 0.0222. The van der Waals surface area contributed by atoms with Gasteiger partial charge in [-0.3, -0.25) is 37.3 Å². The maximum atomic E-state index is 13.0. The van der Waals surface area contributed by atoms with E-state index >= 15 is 0 Å². The number of carbonyl (C=O) groups excluding carboxylic acids is 4. The summed E-state index contributed by atoms with van der Waals surface area (Å²) in [7, 11) is -9.90. The third-order valence-electron chi connectivity index (χ3n) is 16.2. The van der Waals surface area contributed by atoms with Crippen LogP contribution >= 0.6 is 15.6 Å². The fourth-order valence-electron chi connectivity index (χ4n) is 10.3. The van der Waals surface area contributed by atoms with Crippen LogP contribution in [0.5, 0.6) is 0 Å². The molecule has 0 aromatic rings. The van der Waals surface area contributed by atoms with Crippen molar-refractivity contribution in [1.82, 2.24) is 0 Å². The van der Waals surface area contributed by atoms with E-state index in [9.17, 15) is 43.2 Å². The summed E-state index contributed by atoms with van der Waals surface area (Å²) in [5.74, 6) is 0.799. The van der Waals surface area contributed by atoms with Gasteiger partial charge in [0.05, 0.1) is 26.4 Å². The third kappa shape index (κ3) is 61.6. The molecule has 0 aromatic carbocycles. The lowest BCUT2D eigenvalue weighted by Gasteiger charge is -2.21. The number of phosphoric acid groups is 2. The number of hydrogen-bond acceptors (Lipinski definition) is 15. The lowest BCUT2D eigenvalue weighted by Crippen LogP contribution is -2.30. The number of esters is 4. The van der Waals surface area contributed by atoms with Gasteiger partial charge in [-0.2, -0.15) is 0 Å². The van der Waals surface area contributed by atoms with E-state index in [-0.39, 0.29) is 25.7 Å². The Balaban J connectivity index is 5.21. The molecule has 0 aliphatic heterocycles. The first-order valence-corrected chi connectivity index (χ1v) is 38.7. The first-order valence-electron chi connectivity index (χ1n) is 35.7. The smallest absolute Gasteiger partial charge is 0.462 e. The van der Waals surface area contributed by atoms with E-state index < -0.39 is 97.5 Å². The standard InChI is InChI=1S/C69H134O17P2/c1-9-62(8)48-40-32-27-28-34-42-50-67(72)80-56-65(85-68(73)51-43-35-24-18-16-14-12-10-11-13-15-17-21-29-37-45-59(2)3)58-84-88(77,78)82-54-63(70)53-81-87(75,76)83-57-64(86-69(74)52-44-36-26-20-23-31-39-47-61(6)7)55-79-66(71)49-41-33-25-19-22-30-38-46-60(4)5/h59-65,70H,9-58H2,1-8H3,(H,75,76)(H,77,78)/t62?,63-,64-,65-/m1/s1. The van der Waals surface area contributed by atoms with Gasteiger partial charge in [-0.25, -0.2) is 9.13 Å². The van der Waals surface area contributed by atoms with Crippen molar-refractivity contribution in [2.45, 2.75) is 356 Å². The number of hydrogen-bond donors (Lipinski definition) is 3. The maximum Gasteiger partial charge on any atom is 0.472 e. The Morgan fingerprint density at radius 2 is 0.545 bits per heavy atom. The van der Waals surface area contributed by atoms with E-state index in [1.807, 2.05) is 0 Å². The summed E-state index contributed by atoms with van der Waals surface area (Å²) in [4.78, 5) is 72.4. The van der Waals surface area contributed by atoms with Gasteiger partial charge in [0.2, 0.25) is 0 Å². The summed E-state index contributed by atoms with van der Waals surface area (Å²) in [6, 6.07) is 0. The molecule has 19 heteroatoms. The molecule has 0 radical (unpaired) electrons. The van der Waals surface area contributed by atoms with Crippen LogP contribution in [0.4, 0.5) is 0 Å². The lowest BCUT2D eigenvalue weighted by atomic mass is 10.00. The van der Waals surface area contributed by atoms with Gasteiger partial charge in [0.25, 0.3) is 0 Å². The molecule has 0 heterocycles. The van der Waals surface area contributed by atoms with Gasteiger partial charge in [0.1, 0.15) is 19.3 Å². The second-order valence-electron chi connectivity index (χ2n) is 26.6. The molecule has 0 rings (SSSR count). The van der Waals surface area contributed by atoms with Crippen molar-refractivity contribution >= 4 is 39.5 Å². The van der Waals surface area contributed by atoms with E-state index in [1.54, 1.807) is 0 Å². The molecule has 0 aromatic heterocycles. The number of aliphatic hydroxyl groups is 1. The van der Waals surface area contributed by atoms with Gasteiger partial charge in [-0.15, -0.1) is 0 Å². The van der Waals surface area contributed by atoms with Crippen molar-refractivity contribution in [3.8, 4) is 0 Å². The highest BCUT2D eigenvalue weighted by atomic mass is 31.2. The van der Waals surface area contributed by atoms with Crippen molar-refractivity contribution in [1.29, 1.82) is 0 Å². The topological polar surface area (TPSA) is 237 Å². The molecule has 0 saturated carbocycles. The molecule has 6 atom stereocenters. The molecule has 0 aliphatic rings. The van der Waals surface area contributed by atoms with Gasteiger partial charge in [-0.1, -0.05) is 287 Å². The van der Waals surface area contributed by atoms with Crippen LogP contribution in [0.15, 0.2) is 0 Å². The second-order valence-corrected chi connectivity index (χ2v) is 29.5. The first kappa shape index (κ1) is 86.1. The summed E-state index contributed by atoms with van der Waals surface area (Å²) in [6.45, 7) is 14.0. The van der Waals surface area contributed by atoms with Gasteiger partial charge in [0, 0.05) is 25.7 Å². The SMILES string of the molecule is CCC(C)CCCCCCCCC(=O)OC[C@H](COP(=O)(O)OC[C@H](O)COP(=O)(O)OC[C@@H](COC(=O)CCCCCCCCCC(C)C)OC(=O)CCCCCCCCCC(C)C)OC(=O)CCCCCCCCCCCCCCCCCC(C)C. The van der Waals surface area contributed by atoms with E-state index in [0.29, 0.717) is 37.5 Å². The van der Waals surface area contributed by atoms with Crippen LogP contribution < -0.4 is 0 Å². The minimum absolute atomic E-state index is 0.102. The zero-order valence-electron chi connectivity index (χ0n) is 57.3. The Morgan fingerprint density at radius 1 is 0.318 bits per heavy atom. The first-order chi connectivity index (χ1) is 42.1. The molecule has 0 spiro atoms. The summed E-state index contributed by atoms with van der Waals surface area (Å²) in [6.07, 6.45) is 40.6. The van der Waals surface area contributed by atoms with Gasteiger partial charge in [0.15, 0.2) is 12.2 Å². The molecule has 0 aliphatic carbocycles. The summed E-state index contributed by atoms with van der Waals surface area (Å²) in [5.41, 5.74) is 0. The highest BCUT2D eigenvalue weighted by Gasteiger charge is 2.30. The molecule has 0 amide bonds. The van der Waals surface area contributed by atoms with Crippen molar-refractivity contribution in [3.05, 3.63) is 0 Å². The van der Waals surface area contributed by atoms with Crippen molar-refractivity contribution in [3.63, 3.8) is 0 Å². The predicted molar refractivity (Wildman–Crippen MR) is 354 cm³/mol. The molecule has 88 heavy (non-hydrogen) atoms. The van der Waals surface area contributed by atoms with Crippen LogP contribution in [0.3, 0.4) is 0 Å². The molecule has 3 N–H and O–H groups in total. The van der Waals surface area contributed by atoms with Crippen LogP contribution in [-0.4, -0.2) is 96.7 Å². The molecule has 0 bridgehead atoms. The zero-order chi connectivity index (χ0) is 65.4. The number of rotatable bonds is 66. The zero-order valence-corrected chi connectivity index (χ0v) is 59.1. The predicted octanol–water partition coefficient (Wildman–Crippen LogP) is 19.3. The fourth-order valence-corrected chi connectivity index (χ4v) is 11.9. The highest BCUT2D eigenvalue weighted by Crippen LogP contribution is 2.45.